The van der Waals surface area contributed by atoms with Gasteiger partial charge in [-0.2, -0.15) is 0 Å². The van der Waals surface area contributed by atoms with E-state index in [1.54, 1.807) is 12.4 Å². The molecule has 132 valence electrons. The quantitative estimate of drug-likeness (QED) is 0.461. The van der Waals surface area contributed by atoms with Crippen molar-refractivity contribution in [2.45, 2.75) is 0 Å². The van der Waals surface area contributed by atoms with Gasteiger partial charge in [0.25, 0.3) is 0 Å². The Morgan fingerprint density at radius 1 is 0.556 bits per heavy atom. The van der Waals surface area contributed by atoms with Crippen molar-refractivity contribution >= 4 is 23.0 Å². The number of hydrogen-bond donors (Lipinski definition) is 2. The average molecular weight is 354 g/mol. The van der Waals surface area contributed by atoms with E-state index in [1.165, 1.54) is 0 Å². The van der Waals surface area contributed by atoms with Gasteiger partial charge in [-0.05, 0) is 36.4 Å². The molecule has 2 heterocycles. The minimum atomic E-state index is 0.695. The Balaban J connectivity index is 1.47. The number of nitrogens with zero attached hydrogens (tertiary/aromatic N) is 2. The Morgan fingerprint density at radius 3 is 1.44 bits per heavy atom. The lowest BCUT2D eigenvalue weighted by atomic mass is 10.3. The molecule has 27 heavy (non-hydrogen) atoms. The van der Waals surface area contributed by atoms with E-state index < -0.39 is 0 Å². The van der Waals surface area contributed by atoms with Crippen LogP contribution in [0.3, 0.4) is 0 Å². The van der Waals surface area contributed by atoms with Crippen LogP contribution >= 0.6 is 0 Å². The largest absolute Gasteiger partial charge is 0.457 e. The molecule has 5 heteroatoms. The monoisotopic (exact) mass is 354 g/mol. The first kappa shape index (κ1) is 16.6. The van der Waals surface area contributed by atoms with Gasteiger partial charge in [-0.3, -0.25) is 0 Å². The number of hydrogen-bond acceptors (Lipinski definition) is 5. The average Bonchev–Trinajstić information content (AvgIpc) is 2.70. The number of anilines is 4. The summed E-state index contributed by atoms with van der Waals surface area (Å²) in [7, 11) is 0. The maximum atomic E-state index is 5.98. The van der Waals surface area contributed by atoms with Gasteiger partial charge in [0, 0.05) is 35.9 Å². The molecule has 0 atom stereocenters. The molecule has 0 saturated heterocycles. The van der Waals surface area contributed by atoms with Crippen LogP contribution in [-0.4, -0.2) is 9.97 Å². The van der Waals surface area contributed by atoms with E-state index in [0.717, 1.165) is 23.0 Å². The summed E-state index contributed by atoms with van der Waals surface area (Å²) in [6.45, 7) is 0. The Hall–Kier alpha value is -3.86. The maximum absolute atomic E-state index is 5.98. The van der Waals surface area contributed by atoms with Gasteiger partial charge < -0.3 is 15.4 Å². The van der Waals surface area contributed by atoms with Gasteiger partial charge in [0.1, 0.15) is 23.1 Å². The molecule has 5 nitrogen and oxygen atoms in total. The summed E-state index contributed by atoms with van der Waals surface area (Å²) < 4.78 is 5.98. The number of ether oxygens (including phenoxy) is 1. The van der Waals surface area contributed by atoms with Gasteiger partial charge in [0.2, 0.25) is 0 Å². The first-order valence-corrected chi connectivity index (χ1v) is 8.59. The van der Waals surface area contributed by atoms with E-state index >= 15 is 0 Å². The summed E-state index contributed by atoms with van der Waals surface area (Å²) in [5.41, 5.74) is 1.95. The van der Waals surface area contributed by atoms with Crippen LogP contribution < -0.4 is 15.4 Å². The van der Waals surface area contributed by atoms with Gasteiger partial charge in [-0.15, -0.1) is 0 Å². The first-order valence-electron chi connectivity index (χ1n) is 8.59. The standard InChI is InChI=1S/C22H18N4O/c1-3-7-17(8-4-1)25-21-15-19(11-13-23-21)27-20-12-14-24-22(16-20)26-18-9-5-2-6-10-18/h1-16H,(H,23,25)(H,24,26). The van der Waals surface area contributed by atoms with Gasteiger partial charge in [0.05, 0.1) is 0 Å². The van der Waals surface area contributed by atoms with Crippen molar-refractivity contribution in [1.82, 2.24) is 9.97 Å². The van der Waals surface area contributed by atoms with Crippen LogP contribution in [0.25, 0.3) is 0 Å². The van der Waals surface area contributed by atoms with Crippen molar-refractivity contribution in [1.29, 1.82) is 0 Å². The molecule has 0 saturated carbocycles. The van der Waals surface area contributed by atoms with Crippen LogP contribution in [0.5, 0.6) is 11.5 Å². The zero-order valence-electron chi connectivity index (χ0n) is 14.5. The fourth-order valence-corrected chi connectivity index (χ4v) is 2.56. The highest BCUT2D eigenvalue weighted by Gasteiger charge is 2.03. The van der Waals surface area contributed by atoms with E-state index in [2.05, 4.69) is 20.6 Å². The van der Waals surface area contributed by atoms with Crippen LogP contribution in [-0.2, 0) is 0 Å². The zero-order chi connectivity index (χ0) is 18.3. The summed E-state index contributed by atoms with van der Waals surface area (Å²) in [5.74, 6) is 2.83. The van der Waals surface area contributed by atoms with Gasteiger partial charge >= 0.3 is 0 Å². The highest BCUT2D eigenvalue weighted by molar-refractivity contribution is 5.59. The third-order valence-corrected chi connectivity index (χ3v) is 3.79. The van der Waals surface area contributed by atoms with Gasteiger partial charge in [0.15, 0.2) is 0 Å². The lowest BCUT2D eigenvalue weighted by Gasteiger charge is -2.10. The number of benzene rings is 2. The molecule has 0 fully saturated rings. The molecule has 0 unspecified atom stereocenters. The molecule has 0 aliphatic carbocycles. The Morgan fingerprint density at radius 2 is 1.00 bits per heavy atom. The van der Waals surface area contributed by atoms with Crippen molar-refractivity contribution in [2.24, 2.45) is 0 Å². The minimum absolute atomic E-state index is 0.695. The van der Waals surface area contributed by atoms with Crippen LogP contribution in [0, 0.1) is 0 Å². The lowest BCUT2D eigenvalue weighted by molar-refractivity contribution is 0.482. The van der Waals surface area contributed by atoms with E-state index in [4.69, 9.17) is 4.74 Å². The Kier molecular flexibility index (Phi) is 4.93. The summed E-state index contributed by atoms with van der Waals surface area (Å²) in [6.07, 6.45) is 3.43. The summed E-state index contributed by atoms with van der Waals surface area (Å²) in [5, 5.41) is 6.52. The van der Waals surface area contributed by atoms with Crippen LogP contribution in [0.15, 0.2) is 97.3 Å². The topological polar surface area (TPSA) is 59.1 Å². The number of para-hydroxylation sites is 2. The maximum Gasteiger partial charge on any atom is 0.134 e. The molecular formula is C22H18N4O. The van der Waals surface area contributed by atoms with Crippen molar-refractivity contribution in [3.8, 4) is 11.5 Å². The molecule has 0 amide bonds. The second-order valence-corrected chi connectivity index (χ2v) is 5.84. The number of pyridine rings is 2. The second-order valence-electron chi connectivity index (χ2n) is 5.84. The Labute approximate surface area is 157 Å². The van der Waals surface area contributed by atoms with Gasteiger partial charge in [-0.25, -0.2) is 9.97 Å². The van der Waals surface area contributed by atoms with Crippen molar-refractivity contribution in [2.75, 3.05) is 10.6 Å². The van der Waals surface area contributed by atoms with Gasteiger partial charge in [-0.1, -0.05) is 36.4 Å². The number of aromatic nitrogens is 2. The van der Waals surface area contributed by atoms with Crippen molar-refractivity contribution < 1.29 is 4.74 Å². The molecule has 0 spiro atoms. The number of rotatable bonds is 6. The fourth-order valence-electron chi connectivity index (χ4n) is 2.56. The van der Waals surface area contributed by atoms with Crippen LogP contribution in [0.1, 0.15) is 0 Å². The summed E-state index contributed by atoms with van der Waals surface area (Å²) in [4.78, 5) is 8.67. The smallest absolute Gasteiger partial charge is 0.134 e. The van der Waals surface area contributed by atoms with Crippen LogP contribution in [0.2, 0.25) is 0 Å². The molecule has 2 aromatic heterocycles. The molecule has 0 aliphatic heterocycles. The van der Waals surface area contributed by atoms with E-state index in [0.29, 0.717) is 11.5 Å². The van der Waals surface area contributed by atoms with Crippen molar-refractivity contribution in [3.05, 3.63) is 97.3 Å². The van der Waals surface area contributed by atoms with E-state index in [1.807, 2.05) is 84.9 Å². The molecule has 4 aromatic rings. The highest BCUT2D eigenvalue weighted by atomic mass is 16.5. The molecule has 2 N–H and O–H groups in total. The number of nitrogens with one attached hydrogen (secondary N) is 2. The molecule has 0 radical (unpaired) electrons. The SMILES string of the molecule is c1ccc(Nc2cc(Oc3ccnc(Nc4ccccc4)c3)ccn2)cc1. The third-order valence-electron chi connectivity index (χ3n) is 3.79. The fraction of sp³-hybridized carbons (Fsp3) is 0. The summed E-state index contributed by atoms with van der Waals surface area (Å²) in [6, 6.07) is 27.1. The molecular weight excluding hydrogens is 336 g/mol. The zero-order valence-corrected chi connectivity index (χ0v) is 14.5. The minimum Gasteiger partial charge on any atom is -0.457 e. The van der Waals surface area contributed by atoms with Crippen molar-refractivity contribution in [3.63, 3.8) is 0 Å². The second kappa shape index (κ2) is 8.01. The summed E-state index contributed by atoms with van der Waals surface area (Å²) >= 11 is 0. The predicted octanol–water partition coefficient (Wildman–Crippen LogP) is 5.76. The van der Waals surface area contributed by atoms with E-state index in [-0.39, 0.29) is 0 Å². The lowest BCUT2D eigenvalue weighted by Crippen LogP contribution is -1.95. The normalized spacial score (nSPS) is 10.2. The predicted molar refractivity (Wildman–Crippen MR) is 108 cm³/mol. The molecule has 0 aliphatic rings. The highest BCUT2D eigenvalue weighted by Crippen LogP contribution is 2.26. The molecule has 4 rings (SSSR count). The van der Waals surface area contributed by atoms with Crippen LogP contribution in [0.4, 0.5) is 23.0 Å². The molecule has 2 aromatic carbocycles. The van der Waals surface area contributed by atoms with E-state index in [9.17, 15) is 0 Å². The Bertz CT molecular complexity index is 924. The third kappa shape index (κ3) is 4.61. The first-order chi connectivity index (χ1) is 13.3. The molecule has 0 bridgehead atoms.